The number of carbonyl (C=O) groups is 1. The fraction of sp³-hybridized carbons (Fsp3) is 0.308. The Balaban J connectivity index is 2.83. The quantitative estimate of drug-likeness (QED) is 0.679. The van der Waals surface area contributed by atoms with Gasteiger partial charge in [0.25, 0.3) is 0 Å². The van der Waals surface area contributed by atoms with Gasteiger partial charge >= 0.3 is 0 Å². The number of aliphatic hydroxyl groups is 2. The maximum absolute atomic E-state index is 11.9. The smallest absolute Gasteiger partial charge is 0.247 e. The van der Waals surface area contributed by atoms with E-state index in [1.807, 2.05) is 0 Å². The first-order valence-corrected chi connectivity index (χ1v) is 7.54. The van der Waals surface area contributed by atoms with Gasteiger partial charge < -0.3 is 15.1 Å². The summed E-state index contributed by atoms with van der Waals surface area (Å²) in [5, 5.41) is 18.4. The standard InChI is InChI=1S/C13H17NO5S/c15-9-7-14(8-10-16)13(17)6-11-20(18,19)12-4-2-1-3-5-12/h1-6,11,15-16H,7-10H2. The van der Waals surface area contributed by atoms with Crippen molar-refractivity contribution in [3.8, 4) is 0 Å². The maximum atomic E-state index is 11.9. The average molecular weight is 299 g/mol. The first-order chi connectivity index (χ1) is 9.51. The first-order valence-electron chi connectivity index (χ1n) is 6.00. The zero-order valence-electron chi connectivity index (χ0n) is 10.8. The number of benzene rings is 1. The van der Waals surface area contributed by atoms with E-state index in [-0.39, 0.29) is 31.2 Å². The van der Waals surface area contributed by atoms with Gasteiger partial charge in [-0.05, 0) is 12.1 Å². The van der Waals surface area contributed by atoms with Crippen LogP contribution in [0, 0.1) is 0 Å². The van der Waals surface area contributed by atoms with Crippen molar-refractivity contribution < 1.29 is 23.4 Å². The number of rotatable bonds is 7. The van der Waals surface area contributed by atoms with Crippen LogP contribution in [0.15, 0.2) is 46.7 Å². The number of nitrogens with zero attached hydrogens (tertiary/aromatic N) is 1. The third-order valence-corrected chi connectivity index (χ3v) is 3.94. The molecule has 0 saturated carbocycles. The summed E-state index contributed by atoms with van der Waals surface area (Å²) < 4.78 is 23.8. The van der Waals surface area contributed by atoms with Gasteiger partial charge in [0.15, 0.2) is 9.84 Å². The van der Waals surface area contributed by atoms with Crippen LogP contribution >= 0.6 is 0 Å². The van der Waals surface area contributed by atoms with Crippen LogP contribution in [0.3, 0.4) is 0 Å². The molecule has 2 N–H and O–H groups in total. The number of hydrogen-bond donors (Lipinski definition) is 2. The summed E-state index contributed by atoms with van der Waals surface area (Å²) in [6, 6.07) is 7.74. The fourth-order valence-electron chi connectivity index (χ4n) is 1.52. The van der Waals surface area contributed by atoms with Crippen LogP contribution in [-0.4, -0.2) is 55.7 Å². The molecule has 1 amide bonds. The van der Waals surface area contributed by atoms with Crippen molar-refractivity contribution in [2.75, 3.05) is 26.3 Å². The lowest BCUT2D eigenvalue weighted by atomic mass is 10.4. The zero-order chi connectivity index (χ0) is 15.0. The van der Waals surface area contributed by atoms with Gasteiger partial charge in [0, 0.05) is 24.6 Å². The van der Waals surface area contributed by atoms with Crippen LogP contribution in [0.4, 0.5) is 0 Å². The molecule has 0 aliphatic carbocycles. The Morgan fingerprint density at radius 3 is 2.15 bits per heavy atom. The third kappa shape index (κ3) is 4.76. The Morgan fingerprint density at radius 2 is 1.65 bits per heavy atom. The molecule has 6 nitrogen and oxygen atoms in total. The highest BCUT2D eigenvalue weighted by Crippen LogP contribution is 2.11. The van der Waals surface area contributed by atoms with E-state index in [1.165, 1.54) is 12.1 Å². The van der Waals surface area contributed by atoms with E-state index in [9.17, 15) is 13.2 Å². The van der Waals surface area contributed by atoms with Gasteiger partial charge in [0.2, 0.25) is 5.91 Å². The van der Waals surface area contributed by atoms with Gasteiger partial charge in [-0.15, -0.1) is 0 Å². The van der Waals surface area contributed by atoms with Crippen molar-refractivity contribution in [3.05, 3.63) is 41.8 Å². The van der Waals surface area contributed by atoms with Gasteiger partial charge in [-0.25, -0.2) is 8.42 Å². The van der Waals surface area contributed by atoms with Crippen molar-refractivity contribution in [1.82, 2.24) is 4.90 Å². The molecule has 0 fully saturated rings. The lowest BCUT2D eigenvalue weighted by molar-refractivity contribution is -0.127. The van der Waals surface area contributed by atoms with Crippen LogP contribution in [0.1, 0.15) is 0 Å². The molecule has 0 aromatic heterocycles. The molecular weight excluding hydrogens is 282 g/mol. The molecule has 0 atom stereocenters. The van der Waals surface area contributed by atoms with E-state index in [1.54, 1.807) is 18.2 Å². The average Bonchev–Trinajstić information content (AvgIpc) is 2.45. The second kappa shape index (κ2) is 7.78. The van der Waals surface area contributed by atoms with E-state index < -0.39 is 15.7 Å². The fourth-order valence-corrected chi connectivity index (χ4v) is 2.50. The van der Waals surface area contributed by atoms with E-state index in [0.717, 1.165) is 16.4 Å². The molecule has 0 saturated heterocycles. The molecule has 0 heterocycles. The van der Waals surface area contributed by atoms with Crippen molar-refractivity contribution in [2.24, 2.45) is 0 Å². The minimum Gasteiger partial charge on any atom is -0.395 e. The van der Waals surface area contributed by atoms with Crippen LogP contribution in [0.25, 0.3) is 0 Å². The lowest BCUT2D eigenvalue weighted by Crippen LogP contribution is -2.34. The largest absolute Gasteiger partial charge is 0.395 e. The van der Waals surface area contributed by atoms with Gasteiger partial charge in [0.05, 0.1) is 18.1 Å². The highest BCUT2D eigenvalue weighted by Gasteiger charge is 2.13. The van der Waals surface area contributed by atoms with Gasteiger partial charge in [-0.2, -0.15) is 0 Å². The number of carbonyl (C=O) groups excluding carboxylic acids is 1. The summed E-state index contributed by atoms with van der Waals surface area (Å²) in [5.74, 6) is -0.576. The number of amides is 1. The number of aliphatic hydroxyl groups excluding tert-OH is 2. The van der Waals surface area contributed by atoms with Gasteiger partial charge in [-0.1, -0.05) is 18.2 Å². The molecule has 0 aliphatic rings. The number of sulfone groups is 1. The Labute approximate surface area is 117 Å². The van der Waals surface area contributed by atoms with Crippen molar-refractivity contribution in [1.29, 1.82) is 0 Å². The maximum Gasteiger partial charge on any atom is 0.247 e. The van der Waals surface area contributed by atoms with E-state index in [2.05, 4.69) is 0 Å². The highest BCUT2D eigenvalue weighted by atomic mass is 32.2. The molecule has 110 valence electrons. The highest BCUT2D eigenvalue weighted by molar-refractivity contribution is 7.94. The van der Waals surface area contributed by atoms with Crippen molar-refractivity contribution in [2.45, 2.75) is 4.90 Å². The second-order valence-corrected chi connectivity index (χ2v) is 5.77. The minimum absolute atomic E-state index is 0.0368. The SMILES string of the molecule is O=C(C=CS(=O)(=O)c1ccccc1)N(CCO)CCO. The van der Waals surface area contributed by atoms with Crippen LogP contribution in [-0.2, 0) is 14.6 Å². The Kier molecular flexibility index (Phi) is 6.37. The molecule has 1 rings (SSSR count). The second-order valence-electron chi connectivity index (χ2n) is 3.93. The summed E-state index contributed by atoms with van der Waals surface area (Å²) in [6.07, 6.45) is 0.924. The summed E-state index contributed by atoms with van der Waals surface area (Å²) in [6.45, 7) is -0.444. The van der Waals surface area contributed by atoms with Crippen LogP contribution in [0.2, 0.25) is 0 Å². The van der Waals surface area contributed by atoms with Crippen LogP contribution < -0.4 is 0 Å². The summed E-state index contributed by atoms with van der Waals surface area (Å²) >= 11 is 0. The molecule has 0 aliphatic heterocycles. The van der Waals surface area contributed by atoms with Gasteiger partial charge in [-0.3, -0.25) is 4.79 Å². The zero-order valence-corrected chi connectivity index (χ0v) is 11.7. The predicted molar refractivity (Wildman–Crippen MR) is 73.5 cm³/mol. The first kappa shape index (κ1) is 16.4. The van der Waals surface area contributed by atoms with Crippen molar-refractivity contribution in [3.63, 3.8) is 0 Å². The van der Waals surface area contributed by atoms with Crippen LogP contribution in [0.5, 0.6) is 0 Å². The summed E-state index contributed by atoms with van der Waals surface area (Å²) in [4.78, 5) is 13.0. The third-order valence-electron chi connectivity index (χ3n) is 2.51. The summed E-state index contributed by atoms with van der Waals surface area (Å²) in [5.41, 5.74) is 0. The molecule has 20 heavy (non-hydrogen) atoms. The van der Waals surface area contributed by atoms with E-state index in [4.69, 9.17) is 10.2 Å². The van der Waals surface area contributed by atoms with E-state index >= 15 is 0 Å². The lowest BCUT2D eigenvalue weighted by Gasteiger charge is -2.18. The molecular formula is C13H17NO5S. The minimum atomic E-state index is -3.67. The Bertz CT molecular complexity index is 547. The monoisotopic (exact) mass is 299 g/mol. The molecule has 0 radical (unpaired) electrons. The van der Waals surface area contributed by atoms with Crippen molar-refractivity contribution >= 4 is 15.7 Å². The molecule has 1 aromatic rings. The molecule has 7 heteroatoms. The topological polar surface area (TPSA) is 94.9 Å². The molecule has 0 bridgehead atoms. The Hall–Kier alpha value is -1.70. The van der Waals surface area contributed by atoms with E-state index in [0.29, 0.717) is 0 Å². The van der Waals surface area contributed by atoms with Gasteiger partial charge in [0.1, 0.15) is 0 Å². The molecule has 1 aromatic carbocycles. The molecule has 0 unspecified atom stereocenters. The summed E-state index contributed by atoms with van der Waals surface area (Å²) in [7, 11) is -3.67. The predicted octanol–water partition coefficient (Wildman–Crippen LogP) is -0.213. The Morgan fingerprint density at radius 1 is 1.10 bits per heavy atom. The normalized spacial score (nSPS) is 11.7. The molecule has 0 spiro atoms. The number of hydrogen-bond acceptors (Lipinski definition) is 5.